The minimum atomic E-state index is -0.0457. The number of nitrogens with one attached hydrogen (secondary N) is 2. The fourth-order valence-corrected chi connectivity index (χ4v) is 6.50. The number of ether oxygens (including phenoxy) is 1. The van der Waals surface area contributed by atoms with Crippen LogP contribution in [0, 0.1) is 5.92 Å². The molecule has 2 aliphatic heterocycles. The number of carbonyl (C=O) groups excluding carboxylic acids is 1. The van der Waals surface area contributed by atoms with Crippen molar-refractivity contribution in [1.82, 2.24) is 20.4 Å². The lowest BCUT2D eigenvalue weighted by Crippen LogP contribution is -2.43. The van der Waals surface area contributed by atoms with Gasteiger partial charge in [0.25, 0.3) is 5.91 Å². The lowest BCUT2D eigenvalue weighted by atomic mass is 10.0. The zero-order chi connectivity index (χ0) is 25.6. The molecule has 1 aromatic heterocycles. The Kier molecular flexibility index (Phi) is 5.92. The molecule has 0 radical (unpaired) electrons. The average molecular weight is 507 g/mol. The summed E-state index contributed by atoms with van der Waals surface area (Å²) in [6.45, 7) is 0. The normalized spacial score (nSPS) is 23.9. The number of hydrogen-bond acceptors (Lipinski definition) is 4. The summed E-state index contributed by atoms with van der Waals surface area (Å²) in [5, 5.41) is 12.0. The number of piperidine rings is 1. The van der Waals surface area contributed by atoms with Gasteiger partial charge in [-0.15, -0.1) is 0 Å². The summed E-state index contributed by atoms with van der Waals surface area (Å²) >= 11 is 0. The summed E-state index contributed by atoms with van der Waals surface area (Å²) in [6, 6.07) is 25.7. The second kappa shape index (κ2) is 9.59. The molecule has 6 nitrogen and oxygen atoms in total. The Hall–Kier alpha value is -3.64. The second-order valence-corrected chi connectivity index (χ2v) is 11.3. The van der Waals surface area contributed by atoms with Crippen molar-refractivity contribution < 1.29 is 9.53 Å². The summed E-state index contributed by atoms with van der Waals surface area (Å²) in [7, 11) is 2.26. The van der Waals surface area contributed by atoms with Crippen molar-refractivity contribution in [2.75, 3.05) is 7.05 Å². The van der Waals surface area contributed by atoms with Crippen LogP contribution in [-0.4, -0.2) is 46.2 Å². The van der Waals surface area contributed by atoms with Crippen LogP contribution in [0.5, 0.6) is 5.75 Å². The number of aromatic nitrogens is 2. The van der Waals surface area contributed by atoms with Gasteiger partial charge in [0.1, 0.15) is 11.9 Å². The van der Waals surface area contributed by atoms with Crippen molar-refractivity contribution >= 4 is 16.8 Å². The first-order valence-corrected chi connectivity index (χ1v) is 14.0. The van der Waals surface area contributed by atoms with Crippen LogP contribution in [0.2, 0.25) is 0 Å². The molecule has 38 heavy (non-hydrogen) atoms. The number of fused-ring (bicyclic) bond motifs is 3. The Morgan fingerprint density at radius 2 is 1.71 bits per heavy atom. The van der Waals surface area contributed by atoms with E-state index in [0.717, 1.165) is 53.6 Å². The van der Waals surface area contributed by atoms with E-state index in [2.05, 4.69) is 51.7 Å². The molecule has 1 amide bonds. The molecule has 0 unspecified atom stereocenters. The summed E-state index contributed by atoms with van der Waals surface area (Å²) < 4.78 is 6.38. The maximum Gasteiger partial charge on any atom is 0.251 e. The Balaban J connectivity index is 1.08. The summed E-state index contributed by atoms with van der Waals surface area (Å²) in [6.07, 6.45) is 7.40. The molecule has 2 saturated heterocycles. The van der Waals surface area contributed by atoms with E-state index in [1.807, 2.05) is 48.5 Å². The molecule has 4 atom stereocenters. The lowest BCUT2D eigenvalue weighted by Gasteiger charge is -2.36. The van der Waals surface area contributed by atoms with Crippen LogP contribution in [0.3, 0.4) is 0 Å². The Labute approximate surface area is 223 Å². The van der Waals surface area contributed by atoms with E-state index in [-0.39, 0.29) is 18.1 Å². The Morgan fingerprint density at radius 3 is 2.42 bits per heavy atom. The highest BCUT2D eigenvalue weighted by molar-refractivity contribution is 6.01. The maximum absolute atomic E-state index is 13.3. The zero-order valence-corrected chi connectivity index (χ0v) is 21.8. The predicted molar refractivity (Wildman–Crippen MR) is 149 cm³/mol. The molecule has 7 rings (SSSR count). The van der Waals surface area contributed by atoms with E-state index >= 15 is 0 Å². The molecule has 3 aromatic carbocycles. The smallest absolute Gasteiger partial charge is 0.251 e. The minimum Gasteiger partial charge on any atom is -0.490 e. The summed E-state index contributed by atoms with van der Waals surface area (Å²) in [5.74, 6) is 1.38. The molecule has 2 N–H and O–H groups in total. The van der Waals surface area contributed by atoms with Gasteiger partial charge in [-0.3, -0.25) is 9.89 Å². The summed E-state index contributed by atoms with van der Waals surface area (Å²) in [4.78, 5) is 15.9. The van der Waals surface area contributed by atoms with Gasteiger partial charge in [0.2, 0.25) is 0 Å². The zero-order valence-electron chi connectivity index (χ0n) is 21.8. The van der Waals surface area contributed by atoms with Crippen molar-refractivity contribution in [1.29, 1.82) is 0 Å². The molecular weight excluding hydrogens is 472 g/mol. The van der Waals surface area contributed by atoms with E-state index < -0.39 is 0 Å². The minimum absolute atomic E-state index is 0.0457. The van der Waals surface area contributed by atoms with Gasteiger partial charge in [-0.1, -0.05) is 30.3 Å². The van der Waals surface area contributed by atoms with Crippen molar-refractivity contribution in [3.05, 3.63) is 83.9 Å². The molecular formula is C32H34N4O2. The fraction of sp³-hybridized carbons (Fsp3) is 0.375. The van der Waals surface area contributed by atoms with E-state index in [4.69, 9.17) is 4.74 Å². The molecule has 3 fully saturated rings. The van der Waals surface area contributed by atoms with E-state index in [1.165, 1.54) is 18.4 Å². The largest absolute Gasteiger partial charge is 0.490 e. The van der Waals surface area contributed by atoms with Gasteiger partial charge in [-0.25, -0.2) is 0 Å². The molecule has 4 aromatic rings. The fourth-order valence-electron chi connectivity index (χ4n) is 6.50. The van der Waals surface area contributed by atoms with E-state index in [1.54, 1.807) is 0 Å². The van der Waals surface area contributed by atoms with Crippen LogP contribution in [0.15, 0.2) is 72.8 Å². The van der Waals surface area contributed by atoms with Crippen molar-refractivity contribution in [2.45, 2.75) is 62.8 Å². The Morgan fingerprint density at radius 1 is 0.974 bits per heavy atom. The first-order valence-electron chi connectivity index (χ1n) is 14.0. The highest BCUT2D eigenvalue weighted by atomic mass is 16.5. The molecule has 1 aliphatic carbocycles. The van der Waals surface area contributed by atoms with Crippen LogP contribution >= 0.6 is 0 Å². The van der Waals surface area contributed by atoms with E-state index in [9.17, 15) is 4.79 Å². The SMILES string of the molecule is CN1[C@@H]2CC[C@H]1C[C@H](Oc1ccc(-c3n[nH]c4ccc(C(=O)N[C@@H](c5ccccc5)C5CC5)cc34)cc1)C2. The van der Waals surface area contributed by atoms with Gasteiger partial charge in [-0.2, -0.15) is 5.10 Å². The number of carbonyl (C=O) groups is 1. The van der Waals surface area contributed by atoms with Crippen molar-refractivity contribution in [3.63, 3.8) is 0 Å². The number of benzene rings is 3. The molecule has 0 spiro atoms. The highest BCUT2D eigenvalue weighted by Gasteiger charge is 2.39. The van der Waals surface area contributed by atoms with Crippen molar-refractivity contribution in [2.24, 2.45) is 5.92 Å². The lowest BCUT2D eigenvalue weighted by molar-refractivity contribution is 0.0662. The van der Waals surface area contributed by atoms with Gasteiger partial charge in [0.15, 0.2) is 0 Å². The first-order chi connectivity index (χ1) is 18.6. The third-order valence-electron chi connectivity index (χ3n) is 8.85. The van der Waals surface area contributed by atoms with E-state index in [0.29, 0.717) is 23.6 Å². The third kappa shape index (κ3) is 4.47. The summed E-state index contributed by atoms with van der Waals surface area (Å²) in [5.41, 5.74) is 4.59. The van der Waals surface area contributed by atoms with Gasteiger partial charge in [-0.05, 0) is 99.5 Å². The average Bonchev–Trinajstić information content (AvgIpc) is 3.67. The van der Waals surface area contributed by atoms with Gasteiger partial charge in [0, 0.05) is 28.6 Å². The number of H-pyrrole nitrogens is 1. The number of hydrogen-bond donors (Lipinski definition) is 2. The monoisotopic (exact) mass is 506 g/mol. The standard InChI is InChI=1S/C32H34N4O2/c1-36-24-12-13-25(36)19-27(18-24)38-26-14-9-22(10-15-26)31-28-17-23(11-16-29(28)34-35-31)32(37)33-30(21-7-8-21)20-5-3-2-4-6-20/h2-6,9-11,14-17,21,24-25,27,30H,7-8,12-13,18-19H2,1H3,(H,33,37)(H,34,35)/t24-,25+,27-,30-/m0/s1. The van der Waals surface area contributed by atoms with Crippen LogP contribution in [-0.2, 0) is 0 Å². The third-order valence-corrected chi connectivity index (χ3v) is 8.85. The molecule has 2 bridgehead atoms. The molecule has 194 valence electrons. The quantitative estimate of drug-likeness (QED) is 0.317. The molecule has 3 aliphatic rings. The van der Waals surface area contributed by atoms with Crippen LogP contribution in [0.4, 0.5) is 0 Å². The second-order valence-electron chi connectivity index (χ2n) is 11.3. The van der Waals surface area contributed by atoms with Crippen molar-refractivity contribution in [3.8, 4) is 17.0 Å². The van der Waals surface area contributed by atoms with Crippen LogP contribution < -0.4 is 10.1 Å². The number of nitrogens with zero attached hydrogens (tertiary/aromatic N) is 2. The highest BCUT2D eigenvalue weighted by Crippen LogP contribution is 2.41. The number of aromatic amines is 1. The topological polar surface area (TPSA) is 70.2 Å². The number of rotatable bonds is 7. The maximum atomic E-state index is 13.3. The van der Waals surface area contributed by atoms with Gasteiger partial charge >= 0.3 is 0 Å². The Bertz CT molecular complexity index is 1430. The molecule has 1 saturated carbocycles. The molecule has 6 heteroatoms. The first kappa shape index (κ1) is 23.5. The van der Waals surface area contributed by atoms with Gasteiger partial charge in [0.05, 0.1) is 17.3 Å². The van der Waals surface area contributed by atoms with Crippen LogP contribution in [0.1, 0.15) is 60.5 Å². The van der Waals surface area contributed by atoms with Gasteiger partial charge < -0.3 is 15.0 Å². The van der Waals surface area contributed by atoms with Crippen LogP contribution in [0.25, 0.3) is 22.2 Å². The number of amides is 1. The molecule has 3 heterocycles. The predicted octanol–water partition coefficient (Wildman–Crippen LogP) is 6.12.